The molecule has 0 radical (unpaired) electrons. The predicted molar refractivity (Wildman–Crippen MR) is 113 cm³/mol. The van der Waals surface area contributed by atoms with Crippen molar-refractivity contribution in [1.82, 2.24) is 9.97 Å². The van der Waals surface area contributed by atoms with Crippen LogP contribution in [-0.2, 0) is 10.0 Å². The van der Waals surface area contributed by atoms with Crippen LogP contribution in [0.25, 0.3) is 10.8 Å². The fraction of sp³-hybridized carbons (Fsp3) is 0. The summed E-state index contributed by atoms with van der Waals surface area (Å²) >= 11 is 0. The number of aromatic nitrogens is 2. The molecule has 0 aliphatic carbocycles. The van der Waals surface area contributed by atoms with Gasteiger partial charge in [-0.1, -0.05) is 24.3 Å². The van der Waals surface area contributed by atoms with E-state index >= 15 is 0 Å². The van der Waals surface area contributed by atoms with Crippen LogP contribution in [0.3, 0.4) is 0 Å². The summed E-state index contributed by atoms with van der Waals surface area (Å²) in [6.45, 7) is 0. The molecular weight excluding hydrogens is 404 g/mol. The number of rotatable bonds is 5. The Kier molecular flexibility index (Phi) is 5.03. The van der Waals surface area contributed by atoms with Crippen LogP contribution >= 0.6 is 0 Å². The Labute approximate surface area is 172 Å². The van der Waals surface area contributed by atoms with Gasteiger partial charge in [0.2, 0.25) is 5.95 Å². The number of nitrogens with zero attached hydrogens (tertiary/aromatic N) is 2. The largest absolute Gasteiger partial charge is 0.507 e. The van der Waals surface area contributed by atoms with Gasteiger partial charge in [-0.15, -0.1) is 0 Å². The van der Waals surface area contributed by atoms with Crippen LogP contribution in [0.5, 0.6) is 5.75 Å². The standard InChI is InChI=1S/C21H16N4O4S/c26-19-13-15-5-2-1-4-14(15)12-18(19)20(27)24-16-6-8-17(9-7-16)30(28,29)25-21-22-10-3-11-23-21/h1-13,26H,(H,24,27)(H,22,23,25). The highest BCUT2D eigenvalue weighted by Gasteiger charge is 2.17. The summed E-state index contributed by atoms with van der Waals surface area (Å²) in [6, 6.07) is 17.7. The number of aromatic hydroxyl groups is 1. The molecule has 0 saturated heterocycles. The number of benzene rings is 3. The molecule has 30 heavy (non-hydrogen) atoms. The van der Waals surface area contributed by atoms with Crippen molar-refractivity contribution < 1.29 is 18.3 Å². The van der Waals surface area contributed by atoms with Crippen LogP contribution < -0.4 is 10.0 Å². The van der Waals surface area contributed by atoms with Gasteiger partial charge in [-0.2, -0.15) is 0 Å². The first-order valence-electron chi connectivity index (χ1n) is 8.85. The number of fused-ring (bicyclic) bond motifs is 1. The van der Waals surface area contributed by atoms with Gasteiger partial charge in [0, 0.05) is 18.1 Å². The third kappa shape index (κ3) is 4.06. The second-order valence-electron chi connectivity index (χ2n) is 6.37. The number of amides is 1. The zero-order valence-electron chi connectivity index (χ0n) is 15.5. The van der Waals surface area contributed by atoms with Crippen molar-refractivity contribution in [3.05, 3.63) is 84.7 Å². The average molecular weight is 420 g/mol. The van der Waals surface area contributed by atoms with E-state index in [0.717, 1.165) is 10.8 Å². The van der Waals surface area contributed by atoms with Gasteiger partial charge >= 0.3 is 0 Å². The van der Waals surface area contributed by atoms with Crippen LogP contribution in [0, 0.1) is 0 Å². The molecule has 150 valence electrons. The van der Waals surface area contributed by atoms with Crippen LogP contribution in [0.2, 0.25) is 0 Å². The molecule has 0 bridgehead atoms. The topological polar surface area (TPSA) is 121 Å². The summed E-state index contributed by atoms with van der Waals surface area (Å²) in [5.74, 6) is -0.691. The molecule has 0 spiro atoms. The molecule has 0 saturated carbocycles. The van der Waals surface area contributed by atoms with Gasteiger partial charge in [0.05, 0.1) is 10.5 Å². The maximum absolute atomic E-state index is 12.6. The molecule has 9 heteroatoms. The Balaban J connectivity index is 1.52. The Morgan fingerprint density at radius 2 is 1.50 bits per heavy atom. The predicted octanol–water partition coefficient (Wildman–Crippen LogP) is 3.39. The molecule has 4 rings (SSSR count). The Morgan fingerprint density at radius 1 is 0.867 bits per heavy atom. The first-order valence-corrected chi connectivity index (χ1v) is 10.3. The number of hydrogen-bond donors (Lipinski definition) is 3. The molecule has 0 aliphatic heterocycles. The zero-order chi connectivity index (χ0) is 21.1. The maximum atomic E-state index is 12.6. The van der Waals surface area contributed by atoms with E-state index in [-0.39, 0.29) is 22.2 Å². The number of sulfonamides is 1. The van der Waals surface area contributed by atoms with Crippen molar-refractivity contribution in [2.75, 3.05) is 10.0 Å². The van der Waals surface area contributed by atoms with Crippen molar-refractivity contribution in [3.8, 4) is 5.75 Å². The first-order chi connectivity index (χ1) is 14.4. The summed E-state index contributed by atoms with van der Waals surface area (Å²) in [4.78, 5) is 20.2. The summed E-state index contributed by atoms with van der Waals surface area (Å²) in [7, 11) is -3.87. The normalized spacial score (nSPS) is 11.2. The van der Waals surface area contributed by atoms with Gasteiger partial charge in [0.25, 0.3) is 15.9 Å². The highest BCUT2D eigenvalue weighted by Crippen LogP contribution is 2.26. The summed E-state index contributed by atoms with van der Waals surface area (Å²) in [6.07, 6.45) is 2.84. The van der Waals surface area contributed by atoms with Gasteiger partial charge in [-0.25, -0.2) is 23.1 Å². The number of anilines is 2. The quantitative estimate of drug-likeness (QED) is 0.455. The molecule has 1 amide bonds. The fourth-order valence-electron chi connectivity index (χ4n) is 2.86. The molecule has 3 N–H and O–H groups in total. The lowest BCUT2D eigenvalue weighted by atomic mass is 10.1. The molecule has 3 aromatic carbocycles. The first kappa shape index (κ1) is 19.3. The maximum Gasteiger partial charge on any atom is 0.264 e. The number of carbonyl (C=O) groups excluding carboxylic acids is 1. The van der Waals surface area contributed by atoms with Crippen LogP contribution in [0.1, 0.15) is 10.4 Å². The fourth-order valence-corrected chi connectivity index (χ4v) is 3.81. The second kappa shape index (κ2) is 7.80. The monoisotopic (exact) mass is 420 g/mol. The average Bonchev–Trinajstić information content (AvgIpc) is 2.74. The number of nitrogens with one attached hydrogen (secondary N) is 2. The minimum Gasteiger partial charge on any atom is -0.507 e. The van der Waals surface area contributed by atoms with Crippen LogP contribution in [0.4, 0.5) is 11.6 Å². The highest BCUT2D eigenvalue weighted by molar-refractivity contribution is 7.92. The lowest BCUT2D eigenvalue weighted by molar-refractivity contribution is 0.102. The van der Waals surface area contributed by atoms with Crippen molar-refractivity contribution in [1.29, 1.82) is 0 Å². The number of hydrogen-bond acceptors (Lipinski definition) is 6. The molecule has 0 fully saturated rings. The van der Waals surface area contributed by atoms with Crippen molar-refractivity contribution in [2.45, 2.75) is 4.90 Å². The smallest absolute Gasteiger partial charge is 0.264 e. The van der Waals surface area contributed by atoms with E-state index in [4.69, 9.17) is 0 Å². The van der Waals surface area contributed by atoms with Gasteiger partial charge in [0.15, 0.2) is 0 Å². The summed E-state index contributed by atoms with van der Waals surface area (Å²) in [5, 5.41) is 14.5. The van der Waals surface area contributed by atoms with Gasteiger partial charge in [0.1, 0.15) is 5.75 Å². The minimum atomic E-state index is -3.87. The summed E-state index contributed by atoms with van der Waals surface area (Å²) < 4.78 is 27.1. The molecule has 4 aromatic rings. The van der Waals surface area contributed by atoms with Crippen molar-refractivity contribution in [2.24, 2.45) is 0 Å². The van der Waals surface area contributed by atoms with Crippen molar-refractivity contribution >= 4 is 38.3 Å². The van der Waals surface area contributed by atoms with E-state index in [9.17, 15) is 18.3 Å². The minimum absolute atomic E-state index is 0.0125. The number of carbonyl (C=O) groups is 1. The molecule has 0 aliphatic rings. The van der Waals surface area contributed by atoms with E-state index in [1.54, 1.807) is 12.1 Å². The highest BCUT2D eigenvalue weighted by atomic mass is 32.2. The van der Waals surface area contributed by atoms with Crippen LogP contribution in [-0.4, -0.2) is 29.4 Å². The van der Waals surface area contributed by atoms with Gasteiger partial charge < -0.3 is 10.4 Å². The Bertz CT molecular complexity index is 1320. The SMILES string of the molecule is O=C(Nc1ccc(S(=O)(=O)Nc2ncccn2)cc1)c1cc2ccccc2cc1O. The molecule has 1 aromatic heterocycles. The Morgan fingerprint density at radius 3 is 2.17 bits per heavy atom. The molecule has 8 nitrogen and oxygen atoms in total. The third-order valence-electron chi connectivity index (χ3n) is 4.32. The van der Waals surface area contributed by atoms with E-state index in [1.807, 2.05) is 24.3 Å². The van der Waals surface area contributed by atoms with E-state index in [1.165, 1.54) is 42.7 Å². The molecule has 0 atom stereocenters. The van der Waals surface area contributed by atoms with Crippen LogP contribution in [0.15, 0.2) is 84.0 Å². The number of phenolic OH excluding ortho intramolecular Hbond substituents is 1. The van der Waals surface area contributed by atoms with E-state index in [0.29, 0.717) is 5.69 Å². The van der Waals surface area contributed by atoms with Gasteiger partial charge in [-0.3, -0.25) is 4.79 Å². The van der Waals surface area contributed by atoms with E-state index in [2.05, 4.69) is 20.0 Å². The number of phenols is 1. The molecule has 0 unspecified atom stereocenters. The lowest BCUT2D eigenvalue weighted by Gasteiger charge is -2.10. The summed E-state index contributed by atoms with van der Waals surface area (Å²) in [5.41, 5.74) is 0.496. The second-order valence-corrected chi connectivity index (χ2v) is 8.06. The third-order valence-corrected chi connectivity index (χ3v) is 5.67. The molecule has 1 heterocycles. The van der Waals surface area contributed by atoms with E-state index < -0.39 is 15.9 Å². The zero-order valence-corrected chi connectivity index (χ0v) is 16.3. The lowest BCUT2D eigenvalue weighted by Crippen LogP contribution is -2.15. The van der Waals surface area contributed by atoms with Crippen molar-refractivity contribution in [3.63, 3.8) is 0 Å². The Hall–Kier alpha value is -3.98. The van der Waals surface area contributed by atoms with Gasteiger partial charge in [-0.05, 0) is 53.2 Å². The molecular formula is C21H16N4O4S.